The number of carbonyl (C=O) groups is 1. The number of sulfone groups is 1. The molecule has 0 spiro atoms. The summed E-state index contributed by atoms with van der Waals surface area (Å²) in [5.74, 6) is 0.984. The Labute approximate surface area is 133 Å². The second-order valence-corrected chi connectivity index (χ2v) is 8.28. The fourth-order valence-electron chi connectivity index (χ4n) is 1.88. The third kappa shape index (κ3) is 4.17. The molecule has 1 amide bonds. The number of aromatic nitrogens is 1. The van der Waals surface area contributed by atoms with Crippen LogP contribution in [0.15, 0.2) is 21.9 Å². The topological polar surface area (TPSA) is 89.3 Å². The van der Waals surface area contributed by atoms with Crippen molar-refractivity contribution in [1.29, 1.82) is 0 Å². The van der Waals surface area contributed by atoms with Gasteiger partial charge in [0.25, 0.3) is 5.91 Å². The van der Waals surface area contributed by atoms with Crippen molar-refractivity contribution in [3.05, 3.63) is 29.0 Å². The summed E-state index contributed by atoms with van der Waals surface area (Å²) >= 11 is 1.31. The Bertz CT molecular complexity index is 761. The molecular formula is C14H18N2O4S2. The number of thiazole rings is 1. The van der Waals surface area contributed by atoms with Crippen LogP contribution in [-0.4, -0.2) is 36.9 Å². The minimum absolute atomic E-state index is 0.0614. The SMILES string of the molecule is CCS(=O)(=O)CC(C)NC(=O)c1csc(-c2ccc(C)o2)n1. The lowest BCUT2D eigenvalue weighted by molar-refractivity contribution is 0.0939. The molecule has 1 atom stereocenters. The van der Waals surface area contributed by atoms with Crippen LogP contribution in [0.3, 0.4) is 0 Å². The highest BCUT2D eigenvalue weighted by Gasteiger charge is 2.19. The number of carbonyl (C=O) groups excluding carboxylic acids is 1. The average Bonchev–Trinajstić information content (AvgIpc) is 3.06. The molecule has 2 aromatic heterocycles. The molecule has 6 nitrogen and oxygen atoms in total. The molecule has 0 aromatic carbocycles. The first kappa shape index (κ1) is 16.7. The zero-order valence-corrected chi connectivity index (χ0v) is 14.3. The molecule has 1 unspecified atom stereocenters. The molecule has 2 rings (SSSR count). The first-order valence-corrected chi connectivity index (χ1v) is 9.54. The summed E-state index contributed by atoms with van der Waals surface area (Å²) in [4.78, 5) is 16.3. The third-order valence-corrected chi connectivity index (χ3v) is 5.75. The third-order valence-electron chi connectivity index (χ3n) is 3.01. The van der Waals surface area contributed by atoms with Crippen LogP contribution in [0.1, 0.15) is 30.1 Å². The molecule has 2 heterocycles. The van der Waals surface area contributed by atoms with E-state index >= 15 is 0 Å². The second-order valence-electron chi connectivity index (χ2n) is 5.02. The maximum Gasteiger partial charge on any atom is 0.271 e. The normalized spacial score (nSPS) is 13.0. The fraction of sp³-hybridized carbons (Fsp3) is 0.429. The second kappa shape index (κ2) is 6.62. The zero-order valence-electron chi connectivity index (χ0n) is 12.6. The fourth-order valence-corrected chi connectivity index (χ4v) is 3.72. The van der Waals surface area contributed by atoms with Gasteiger partial charge in [-0.2, -0.15) is 0 Å². The van der Waals surface area contributed by atoms with Crippen molar-refractivity contribution in [3.63, 3.8) is 0 Å². The Balaban J connectivity index is 2.03. The maximum atomic E-state index is 12.1. The van der Waals surface area contributed by atoms with Gasteiger partial charge in [0.05, 0.1) is 5.75 Å². The highest BCUT2D eigenvalue weighted by molar-refractivity contribution is 7.91. The van der Waals surface area contributed by atoms with E-state index in [9.17, 15) is 13.2 Å². The first-order chi connectivity index (χ1) is 10.3. The van der Waals surface area contributed by atoms with E-state index in [-0.39, 0.29) is 23.1 Å². The number of rotatable bonds is 6. The van der Waals surface area contributed by atoms with E-state index in [1.54, 1.807) is 25.3 Å². The van der Waals surface area contributed by atoms with Crippen molar-refractivity contribution in [2.24, 2.45) is 0 Å². The van der Waals surface area contributed by atoms with Crippen molar-refractivity contribution in [1.82, 2.24) is 10.3 Å². The number of nitrogens with zero attached hydrogens (tertiary/aromatic N) is 1. The van der Waals surface area contributed by atoms with Crippen LogP contribution in [0, 0.1) is 6.92 Å². The summed E-state index contributed by atoms with van der Waals surface area (Å²) in [7, 11) is -3.13. The van der Waals surface area contributed by atoms with Gasteiger partial charge in [0.15, 0.2) is 20.6 Å². The molecule has 22 heavy (non-hydrogen) atoms. The maximum absolute atomic E-state index is 12.1. The predicted octanol–water partition coefficient (Wildman–Crippen LogP) is 2.26. The monoisotopic (exact) mass is 342 g/mol. The Morgan fingerprint density at radius 1 is 1.45 bits per heavy atom. The molecule has 0 saturated carbocycles. The summed E-state index contributed by atoms with van der Waals surface area (Å²) in [6, 6.07) is 3.16. The molecule has 120 valence electrons. The Morgan fingerprint density at radius 3 is 2.77 bits per heavy atom. The van der Waals surface area contributed by atoms with Crippen molar-refractivity contribution in [2.45, 2.75) is 26.8 Å². The van der Waals surface area contributed by atoms with Gasteiger partial charge in [0, 0.05) is 17.2 Å². The van der Waals surface area contributed by atoms with Gasteiger partial charge < -0.3 is 9.73 Å². The van der Waals surface area contributed by atoms with Crippen molar-refractivity contribution >= 4 is 27.1 Å². The van der Waals surface area contributed by atoms with Crippen LogP contribution in [0.25, 0.3) is 10.8 Å². The van der Waals surface area contributed by atoms with Crippen LogP contribution in [0.5, 0.6) is 0 Å². The van der Waals surface area contributed by atoms with Crippen molar-refractivity contribution in [2.75, 3.05) is 11.5 Å². The first-order valence-electron chi connectivity index (χ1n) is 6.84. The number of furan rings is 1. The molecule has 0 aliphatic rings. The molecular weight excluding hydrogens is 324 g/mol. The summed E-state index contributed by atoms with van der Waals surface area (Å²) in [5.41, 5.74) is 0.259. The van der Waals surface area contributed by atoms with Gasteiger partial charge in [-0.25, -0.2) is 13.4 Å². The summed E-state index contributed by atoms with van der Waals surface area (Å²) in [6.45, 7) is 5.08. The van der Waals surface area contributed by atoms with E-state index in [1.165, 1.54) is 11.3 Å². The number of amides is 1. The van der Waals surface area contributed by atoms with E-state index < -0.39 is 15.9 Å². The smallest absolute Gasteiger partial charge is 0.271 e. The predicted molar refractivity (Wildman–Crippen MR) is 85.8 cm³/mol. The highest BCUT2D eigenvalue weighted by Crippen LogP contribution is 2.25. The number of hydrogen-bond donors (Lipinski definition) is 1. The number of aryl methyl sites for hydroxylation is 1. The summed E-state index contributed by atoms with van der Waals surface area (Å²) in [5, 5.41) is 4.90. The van der Waals surface area contributed by atoms with Gasteiger partial charge in [0.2, 0.25) is 0 Å². The lowest BCUT2D eigenvalue weighted by atomic mass is 10.3. The number of hydrogen-bond acceptors (Lipinski definition) is 6. The van der Waals surface area contributed by atoms with Gasteiger partial charge in [-0.1, -0.05) is 6.92 Å². The summed E-state index contributed by atoms with van der Waals surface area (Å²) < 4.78 is 28.5. The Kier molecular flexibility index (Phi) is 5.02. The molecule has 0 fully saturated rings. The van der Waals surface area contributed by atoms with Crippen LogP contribution in [0.2, 0.25) is 0 Å². The van der Waals surface area contributed by atoms with E-state index in [2.05, 4.69) is 10.3 Å². The molecule has 2 aromatic rings. The van der Waals surface area contributed by atoms with Crippen LogP contribution < -0.4 is 5.32 Å². The van der Waals surface area contributed by atoms with Crippen LogP contribution >= 0.6 is 11.3 Å². The van der Waals surface area contributed by atoms with Gasteiger partial charge in [0.1, 0.15) is 11.5 Å². The van der Waals surface area contributed by atoms with Crippen molar-refractivity contribution < 1.29 is 17.6 Å². The van der Waals surface area contributed by atoms with Crippen LogP contribution in [-0.2, 0) is 9.84 Å². The van der Waals surface area contributed by atoms with Crippen molar-refractivity contribution in [3.8, 4) is 10.8 Å². The van der Waals surface area contributed by atoms with Gasteiger partial charge >= 0.3 is 0 Å². The quantitative estimate of drug-likeness (QED) is 0.870. The molecule has 0 radical (unpaired) electrons. The van der Waals surface area contributed by atoms with Gasteiger partial charge in [-0.3, -0.25) is 4.79 Å². The Morgan fingerprint density at radius 2 is 2.18 bits per heavy atom. The van der Waals surface area contributed by atoms with Crippen LogP contribution in [0.4, 0.5) is 0 Å². The number of nitrogens with one attached hydrogen (secondary N) is 1. The van der Waals surface area contributed by atoms with E-state index in [0.717, 1.165) is 5.76 Å². The van der Waals surface area contributed by atoms with Gasteiger partial charge in [-0.05, 0) is 26.0 Å². The van der Waals surface area contributed by atoms with E-state index in [1.807, 2.05) is 13.0 Å². The standard InChI is InChI=1S/C14H18N2O4S2/c1-4-22(18,19)8-9(2)15-13(17)11-7-21-14(16-11)12-6-5-10(3)20-12/h5-7,9H,4,8H2,1-3H3,(H,15,17). The lowest BCUT2D eigenvalue weighted by Gasteiger charge is -2.12. The molecule has 0 aliphatic carbocycles. The molecule has 1 N–H and O–H groups in total. The molecule has 8 heteroatoms. The largest absolute Gasteiger partial charge is 0.459 e. The Hall–Kier alpha value is -1.67. The minimum atomic E-state index is -3.13. The molecule has 0 bridgehead atoms. The molecule has 0 aliphatic heterocycles. The van der Waals surface area contributed by atoms with E-state index in [0.29, 0.717) is 10.8 Å². The molecule has 0 saturated heterocycles. The van der Waals surface area contributed by atoms with E-state index in [4.69, 9.17) is 4.42 Å². The zero-order chi connectivity index (χ0) is 16.3. The highest BCUT2D eigenvalue weighted by atomic mass is 32.2. The lowest BCUT2D eigenvalue weighted by Crippen LogP contribution is -2.38. The van der Waals surface area contributed by atoms with Gasteiger partial charge in [-0.15, -0.1) is 11.3 Å². The minimum Gasteiger partial charge on any atom is -0.459 e. The average molecular weight is 342 g/mol. The summed E-state index contributed by atoms with van der Waals surface area (Å²) in [6.07, 6.45) is 0.